The summed E-state index contributed by atoms with van der Waals surface area (Å²) in [7, 11) is 0. The van der Waals surface area contributed by atoms with E-state index in [1.165, 1.54) is 0 Å². The van der Waals surface area contributed by atoms with Gasteiger partial charge < -0.3 is 15.2 Å². The Morgan fingerprint density at radius 2 is 2.10 bits per heavy atom. The van der Waals surface area contributed by atoms with E-state index in [1.54, 1.807) is 20.8 Å². The lowest BCUT2D eigenvalue weighted by molar-refractivity contribution is 0.0422. The van der Waals surface area contributed by atoms with Gasteiger partial charge in [0.15, 0.2) is 0 Å². The molecule has 0 spiro atoms. The zero-order valence-corrected chi connectivity index (χ0v) is 13.7. The van der Waals surface area contributed by atoms with Gasteiger partial charge in [0.25, 0.3) is 0 Å². The number of rotatable bonds is 8. The van der Waals surface area contributed by atoms with Crippen molar-refractivity contribution in [3.05, 3.63) is 12.7 Å². The summed E-state index contributed by atoms with van der Waals surface area (Å²) >= 11 is 5.69. The van der Waals surface area contributed by atoms with Crippen molar-refractivity contribution < 1.29 is 14.6 Å². The molecule has 4 nitrogen and oxygen atoms in total. The van der Waals surface area contributed by atoms with Crippen LogP contribution in [0.25, 0.3) is 0 Å². The van der Waals surface area contributed by atoms with Crippen molar-refractivity contribution in [1.29, 1.82) is 0 Å². The molecule has 0 aromatic carbocycles. The fourth-order valence-electron chi connectivity index (χ4n) is 1.83. The monoisotopic (exact) mass is 305 g/mol. The summed E-state index contributed by atoms with van der Waals surface area (Å²) in [4.78, 5) is 11.8. The number of halogens is 1. The maximum absolute atomic E-state index is 11.8. The Bertz CT molecular complexity index is 302. The summed E-state index contributed by atoms with van der Waals surface area (Å²) in [5.41, 5.74) is -0.561. The minimum absolute atomic E-state index is 0.0780. The predicted octanol–water partition coefficient (Wildman–Crippen LogP) is 3.47. The van der Waals surface area contributed by atoms with Crippen LogP contribution >= 0.6 is 11.6 Å². The van der Waals surface area contributed by atoms with E-state index in [0.717, 1.165) is 12.8 Å². The van der Waals surface area contributed by atoms with Gasteiger partial charge in [0, 0.05) is 0 Å². The normalized spacial score (nSPS) is 16.1. The van der Waals surface area contributed by atoms with E-state index in [4.69, 9.17) is 16.3 Å². The van der Waals surface area contributed by atoms with Gasteiger partial charge in [0.2, 0.25) is 0 Å². The molecule has 0 aromatic heterocycles. The molecule has 3 atom stereocenters. The highest BCUT2D eigenvalue weighted by Gasteiger charge is 2.25. The molecule has 5 heteroatoms. The third-order valence-electron chi connectivity index (χ3n) is 2.84. The van der Waals surface area contributed by atoms with Crippen molar-refractivity contribution in [3.63, 3.8) is 0 Å². The molecule has 0 fully saturated rings. The van der Waals surface area contributed by atoms with Crippen LogP contribution in [0.15, 0.2) is 12.7 Å². The van der Waals surface area contributed by atoms with Gasteiger partial charge in [-0.1, -0.05) is 13.0 Å². The molecule has 0 saturated heterocycles. The molecule has 0 aliphatic heterocycles. The lowest BCUT2D eigenvalue weighted by Gasteiger charge is -2.27. The van der Waals surface area contributed by atoms with Gasteiger partial charge in [-0.05, 0) is 46.0 Å². The molecular weight excluding hydrogens is 278 g/mol. The molecule has 0 radical (unpaired) electrons. The maximum Gasteiger partial charge on any atom is 0.407 e. The van der Waals surface area contributed by atoms with Crippen LogP contribution in [0.1, 0.15) is 47.0 Å². The van der Waals surface area contributed by atoms with Crippen LogP contribution in [-0.4, -0.2) is 34.8 Å². The Morgan fingerprint density at radius 3 is 2.55 bits per heavy atom. The number of ether oxygens (including phenoxy) is 1. The minimum atomic E-state index is -0.782. The van der Waals surface area contributed by atoms with Crippen molar-refractivity contribution in [2.45, 2.75) is 64.7 Å². The molecular formula is C15H28ClNO3. The summed E-state index contributed by atoms with van der Waals surface area (Å²) in [6, 6.07) is -0.401. The van der Waals surface area contributed by atoms with Gasteiger partial charge >= 0.3 is 6.09 Å². The van der Waals surface area contributed by atoms with E-state index >= 15 is 0 Å². The minimum Gasteiger partial charge on any atom is -0.444 e. The number of allylic oxidation sites excluding steroid dienone is 1. The smallest absolute Gasteiger partial charge is 0.407 e. The van der Waals surface area contributed by atoms with Crippen LogP contribution in [0.4, 0.5) is 4.79 Å². The van der Waals surface area contributed by atoms with Crippen molar-refractivity contribution in [3.8, 4) is 0 Å². The second kappa shape index (κ2) is 9.24. The van der Waals surface area contributed by atoms with E-state index in [2.05, 4.69) is 18.8 Å². The van der Waals surface area contributed by atoms with Crippen LogP contribution in [0.3, 0.4) is 0 Å². The number of hydrogen-bond donors (Lipinski definition) is 2. The number of carbonyl (C=O) groups excluding carboxylic acids is 1. The van der Waals surface area contributed by atoms with Crippen LogP contribution in [0.2, 0.25) is 0 Å². The number of aliphatic hydroxyl groups excluding tert-OH is 1. The summed E-state index contributed by atoms with van der Waals surface area (Å²) < 4.78 is 5.21. The van der Waals surface area contributed by atoms with Gasteiger partial charge in [-0.25, -0.2) is 4.79 Å². The van der Waals surface area contributed by atoms with Gasteiger partial charge in [0.1, 0.15) is 5.60 Å². The maximum atomic E-state index is 11.8. The first-order chi connectivity index (χ1) is 9.19. The lowest BCUT2D eigenvalue weighted by Crippen LogP contribution is -2.47. The first kappa shape index (κ1) is 19.3. The zero-order valence-electron chi connectivity index (χ0n) is 13.0. The van der Waals surface area contributed by atoms with Crippen molar-refractivity contribution in [2.75, 3.05) is 5.88 Å². The van der Waals surface area contributed by atoms with Gasteiger partial charge in [-0.2, -0.15) is 0 Å². The molecule has 0 aliphatic rings. The topological polar surface area (TPSA) is 58.6 Å². The molecule has 0 unspecified atom stereocenters. The zero-order chi connectivity index (χ0) is 15.8. The van der Waals surface area contributed by atoms with Gasteiger partial charge in [0.05, 0.1) is 18.0 Å². The van der Waals surface area contributed by atoms with Crippen LogP contribution in [-0.2, 0) is 4.74 Å². The summed E-state index contributed by atoms with van der Waals surface area (Å²) in [5.74, 6) is 0.431. The third kappa shape index (κ3) is 9.21. The molecule has 118 valence electrons. The van der Waals surface area contributed by atoms with E-state index < -0.39 is 23.8 Å². The second-order valence-corrected chi connectivity index (χ2v) is 6.49. The number of alkyl carbamates (subject to hydrolysis) is 1. The lowest BCUT2D eigenvalue weighted by atomic mass is 9.94. The summed E-state index contributed by atoms with van der Waals surface area (Å²) in [6.45, 7) is 11.2. The summed E-state index contributed by atoms with van der Waals surface area (Å²) in [6.07, 6.45) is 3.09. The average molecular weight is 306 g/mol. The first-order valence-corrected chi connectivity index (χ1v) is 7.57. The Labute approximate surface area is 127 Å². The third-order valence-corrected chi connectivity index (χ3v) is 3.16. The SMILES string of the molecule is C=CCC[C@H](C)C[C@H](NC(=O)OC(C)(C)C)[C@H](O)CCl. The van der Waals surface area contributed by atoms with Crippen LogP contribution < -0.4 is 5.32 Å². The molecule has 0 rings (SSSR count). The fraction of sp³-hybridized carbons (Fsp3) is 0.800. The van der Waals surface area contributed by atoms with Crippen molar-refractivity contribution in [2.24, 2.45) is 5.92 Å². The number of aliphatic hydroxyl groups is 1. The summed E-state index contributed by atoms with van der Waals surface area (Å²) in [5, 5.41) is 12.6. The average Bonchev–Trinajstić information content (AvgIpc) is 2.32. The standard InChI is InChI=1S/C15H28ClNO3/c1-6-7-8-11(2)9-12(13(18)10-16)17-14(19)20-15(3,4)5/h6,11-13,18H,1,7-10H2,2-5H3,(H,17,19)/t11-,12-,13+/m0/s1. The number of hydrogen-bond acceptors (Lipinski definition) is 3. The molecule has 0 saturated carbocycles. The molecule has 0 aliphatic carbocycles. The Kier molecular flexibility index (Phi) is 8.90. The van der Waals surface area contributed by atoms with Gasteiger partial charge in [-0.15, -0.1) is 18.2 Å². The quantitative estimate of drug-likeness (QED) is 0.533. The molecule has 1 amide bonds. The van der Waals surface area contributed by atoms with E-state index in [-0.39, 0.29) is 5.88 Å². The highest BCUT2D eigenvalue weighted by molar-refractivity contribution is 6.18. The molecule has 0 aromatic rings. The highest BCUT2D eigenvalue weighted by atomic mass is 35.5. The largest absolute Gasteiger partial charge is 0.444 e. The Balaban J connectivity index is 4.49. The van der Waals surface area contributed by atoms with E-state index in [0.29, 0.717) is 12.3 Å². The predicted molar refractivity (Wildman–Crippen MR) is 83.1 cm³/mol. The number of amides is 1. The van der Waals surface area contributed by atoms with Crippen molar-refractivity contribution in [1.82, 2.24) is 5.32 Å². The molecule has 0 bridgehead atoms. The molecule has 0 heterocycles. The fourth-order valence-corrected chi connectivity index (χ4v) is 2.05. The van der Waals surface area contributed by atoms with Crippen LogP contribution in [0, 0.1) is 5.92 Å². The Morgan fingerprint density at radius 1 is 1.50 bits per heavy atom. The number of nitrogens with one attached hydrogen (secondary N) is 1. The highest BCUT2D eigenvalue weighted by Crippen LogP contribution is 2.16. The van der Waals surface area contributed by atoms with E-state index in [9.17, 15) is 9.90 Å². The van der Waals surface area contributed by atoms with Gasteiger partial charge in [-0.3, -0.25) is 0 Å². The van der Waals surface area contributed by atoms with Crippen molar-refractivity contribution >= 4 is 17.7 Å². The first-order valence-electron chi connectivity index (χ1n) is 7.04. The molecule has 2 N–H and O–H groups in total. The number of alkyl halides is 1. The van der Waals surface area contributed by atoms with E-state index in [1.807, 2.05) is 6.08 Å². The second-order valence-electron chi connectivity index (χ2n) is 6.18. The van der Waals surface area contributed by atoms with Crippen LogP contribution in [0.5, 0.6) is 0 Å². The molecule has 20 heavy (non-hydrogen) atoms. The Hall–Kier alpha value is -0.740. The number of carbonyl (C=O) groups is 1.